The Bertz CT molecular complexity index is 371. The molecule has 0 bridgehead atoms. The van der Waals surface area contributed by atoms with Crippen LogP contribution in [0.1, 0.15) is 0 Å². The van der Waals surface area contributed by atoms with Gasteiger partial charge in [-0.2, -0.15) is 0 Å². The minimum Gasteiger partial charge on any atom is -0.343 e. The second-order valence-electron chi connectivity index (χ2n) is 2.18. The summed E-state index contributed by atoms with van der Waals surface area (Å²) in [5.74, 6) is 0. The Morgan fingerprint density at radius 2 is 2.33 bits per heavy atom. The van der Waals surface area contributed by atoms with Gasteiger partial charge in [-0.25, -0.2) is 15.0 Å². The van der Waals surface area contributed by atoms with E-state index in [9.17, 15) is 0 Å². The number of nitrogens with one attached hydrogen (secondary N) is 1. The van der Waals surface area contributed by atoms with E-state index in [1.807, 2.05) is 0 Å². The van der Waals surface area contributed by atoms with Gasteiger partial charge in [-0.3, -0.25) is 0 Å². The maximum absolute atomic E-state index is 5.61. The summed E-state index contributed by atoms with van der Waals surface area (Å²) in [6.45, 7) is 0. The molecule has 0 unspecified atom stereocenters. The fourth-order valence-corrected chi connectivity index (χ4v) is 1.03. The fourth-order valence-electron chi connectivity index (χ4n) is 0.881. The van der Waals surface area contributed by atoms with Gasteiger partial charge < -0.3 is 4.98 Å². The Labute approximate surface area is 73.7 Å². The number of nitrogens with zero attached hydrogens (tertiary/aromatic N) is 3. The summed E-state index contributed by atoms with van der Waals surface area (Å²) in [6.07, 6.45) is 4.87. The van der Waals surface area contributed by atoms with E-state index in [0.29, 0.717) is 0 Å². The zero-order valence-corrected chi connectivity index (χ0v) is 6.78. The quantitative estimate of drug-likeness (QED) is 0.677. The van der Waals surface area contributed by atoms with Gasteiger partial charge in [-0.15, -0.1) is 0 Å². The van der Waals surface area contributed by atoms with E-state index < -0.39 is 0 Å². The summed E-state index contributed by atoms with van der Waals surface area (Å²) in [7, 11) is 0. The molecule has 2 rings (SSSR count). The molecule has 0 saturated carbocycles. The van der Waals surface area contributed by atoms with E-state index in [1.165, 1.54) is 0 Å². The van der Waals surface area contributed by atoms with E-state index in [1.54, 1.807) is 24.8 Å². The highest BCUT2D eigenvalue weighted by Crippen LogP contribution is 2.13. The normalized spacial score (nSPS) is 10.1. The highest BCUT2D eigenvalue weighted by molar-refractivity contribution is 6.28. The highest BCUT2D eigenvalue weighted by atomic mass is 35.5. The molecule has 0 amide bonds. The van der Waals surface area contributed by atoms with Crippen molar-refractivity contribution in [2.75, 3.05) is 0 Å². The molecule has 0 saturated heterocycles. The van der Waals surface area contributed by atoms with Crippen LogP contribution in [-0.4, -0.2) is 19.9 Å². The molecule has 2 aromatic rings. The number of aromatic nitrogens is 4. The molecule has 0 aliphatic rings. The molecular weight excluding hydrogens is 176 g/mol. The van der Waals surface area contributed by atoms with Crippen molar-refractivity contribution in [1.82, 2.24) is 19.9 Å². The number of aromatic amines is 1. The average Bonchev–Trinajstić information content (AvgIpc) is 2.56. The third-order valence-electron chi connectivity index (χ3n) is 1.40. The number of hydrogen-bond acceptors (Lipinski definition) is 3. The van der Waals surface area contributed by atoms with Crippen molar-refractivity contribution in [2.24, 2.45) is 0 Å². The van der Waals surface area contributed by atoms with E-state index in [0.717, 1.165) is 11.4 Å². The maximum atomic E-state index is 5.61. The molecule has 60 valence electrons. The SMILES string of the molecule is Clc1nccc(-c2cnc[nH]2)n1. The van der Waals surface area contributed by atoms with E-state index in [4.69, 9.17) is 11.6 Å². The second kappa shape index (κ2) is 2.91. The van der Waals surface area contributed by atoms with Crippen LogP contribution < -0.4 is 0 Å². The molecule has 4 nitrogen and oxygen atoms in total. The first kappa shape index (κ1) is 7.24. The Kier molecular flexibility index (Phi) is 1.75. The molecule has 2 aromatic heterocycles. The summed E-state index contributed by atoms with van der Waals surface area (Å²) in [5, 5.41) is 0.238. The van der Waals surface area contributed by atoms with Gasteiger partial charge in [0.2, 0.25) is 5.28 Å². The summed E-state index contributed by atoms with van der Waals surface area (Å²) in [6, 6.07) is 1.76. The minimum absolute atomic E-state index is 0.238. The van der Waals surface area contributed by atoms with Crippen LogP contribution in [0.5, 0.6) is 0 Å². The number of imidazole rings is 1. The van der Waals surface area contributed by atoms with Crippen molar-refractivity contribution in [1.29, 1.82) is 0 Å². The third-order valence-corrected chi connectivity index (χ3v) is 1.58. The van der Waals surface area contributed by atoms with Gasteiger partial charge in [0, 0.05) is 6.20 Å². The smallest absolute Gasteiger partial charge is 0.222 e. The fraction of sp³-hybridized carbons (Fsp3) is 0. The van der Waals surface area contributed by atoms with Crippen LogP contribution in [0.15, 0.2) is 24.8 Å². The van der Waals surface area contributed by atoms with Crippen LogP contribution in [0.2, 0.25) is 5.28 Å². The molecule has 0 radical (unpaired) electrons. The standard InChI is InChI=1S/C7H5ClN4/c8-7-10-2-1-5(12-7)6-3-9-4-11-6/h1-4H,(H,9,11). The lowest BCUT2D eigenvalue weighted by molar-refractivity contribution is 1.16. The summed E-state index contributed by atoms with van der Waals surface area (Å²) < 4.78 is 0. The lowest BCUT2D eigenvalue weighted by Gasteiger charge is -1.94. The van der Waals surface area contributed by atoms with Gasteiger partial charge >= 0.3 is 0 Å². The van der Waals surface area contributed by atoms with Crippen LogP contribution in [0.4, 0.5) is 0 Å². The Morgan fingerprint density at radius 3 is 3.00 bits per heavy atom. The maximum Gasteiger partial charge on any atom is 0.222 e. The van der Waals surface area contributed by atoms with E-state index in [-0.39, 0.29) is 5.28 Å². The number of rotatable bonds is 1. The number of hydrogen-bond donors (Lipinski definition) is 1. The van der Waals surface area contributed by atoms with Crippen molar-refractivity contribution in [3.63, 3.8) is 0 Å². The van der Waals surface area contributed by atoms with Gasteiger partial charge in [-0.05, 0) is 17.7 Å². The van der Waals surface area contributed by atoms with Gasteiger partial charge in [0.05, 0.1) is 23.9 Å². The molecular formula is C7H5ClN4. The van der Waals surface area contributed by atoms with Gasteiger partial charge in [0.1, 0.15) is 0 Å². The van der Waals surface area contributed by atoms with E-state index in [2.05, 4.69) is 19.9 Å². The predicted molar refractivity (Wildman–Crippen MR) is 44.6 cm³/mol. The molecule has 0 atom stereocenters. The molecule has 5 heteroatoms. The lowest BCUT2D eigenvalue weighted by Crippen LogP contribution is -1.85. The summed E-state index contributed by atoms with van der Waals surface area (Å²) in [4.78, 5) is 14.6. The molecule has 1 N–H and O–H groups in total. The molecule has 0 fully saturated rings. The van der Waals surface area contributed by atoms with Gasteiger partial charge in [0.15, 0.2) is 0 Å². The lowest BCUT2D eigenvalue weighted by atomic mass is 10.3. The average molecular weight is 181 g/mol. The number of H-pyrrole nitrogens is 1. The van der Waals surface area contributed by atoms with Gasteiger partial charge in [0.25, 0.3) is 0 Å². The molecule has 0 spiro atoms. The molecule has 0 aliphatic heterocycles. The van der Waals surface area contributed by atoms with Crippen molar-refractivity contribution < 1.29 is 0 Å². The Balaban J connectivity index is 2.48. The molecule has 2 heterocycles. The van der Waals surface area contributed by atoms with Crippen LogP contribution in [-0.2, 0) is 0 Å². The third kappa shape index (κ3) is 1.29. The first-order chi connectivity index (χ1) is 5.86. The van der Waals surface area contributed by atoms with Crippen molar-refractivity contribution in [3.05, 3.63) is 30.1 Å². The summed E-state index contributed by atoms with van der Waals surface area (Å²) in [5.41, 5.74) is 1.58. The van der Waals surface area contributed by atoms with Crippen LogP contribution >= 0.6 is 11.6 Å². The molecule has 0 aliphatic carbocycles. The van der Waals surface area contributed by atoms with Crippen LogP contribution in [0.3, 0.4) is 0 Å². The molecule has 12 heavy (non-hydrogen) atoms. The zero-order chi connectivity index (χ0) is 8.39. The first-order valence-corrected chi connectivity index (χ1v) is 3.71. The predicted octanol–water partition coefficient (Wildman–Crippen LogP) is 1.52. The van der Waals surface area contributed by atoms with Crippen LogP contribution in [0.25, 0.3) is 11.4 Å². The van der Waals surface area contributed by atoms with Crippen LogP contribution in [0, 0.1) is 0 Å². The minimum atomic E-state index is 0.238. The highest BCUT2D eigenvalue weighted by Gasteiger charge is 2.00. The number of halogens is 1. The van der Waals surface area contributed by atoms with Crippen molar-refractivity contribution in [3.8, 4) is 11.4 Å². The van der Waals surface area contributed by atoms with Gasteiger partial charge in [-0.1, -0.05) is 0 Å². The summed E-state index contributed by atoms with van der Waals surface area (Å²) >= 11 is 5.61. The Hall–Kier alpha value is -1.42. The van der Waals surface area contributed by atoms with Crippen molar-refractivity contribution >= 4 is 11.6 Å². The van der Waals surface area contributed by atoms with Crippen molar-refractivity contribution in [2.45, 2.75) is 0 Å². The monoisotopic (exact) mass is 180 g/mol. The first-order valence-electron chi connectivity index (χ1n) is 3.33. The van der Waals surface area contributed by atoms with E-state index >= 15 is 0 Å². The largest absolute Gasteiger partial charge is 0.343 e. The zero-order valence-electron chi connectivity index (χ0n) is 6.03. The topological polar surface area (TPSA) is 54.5 Å². The Morgan fingerprint density at radius 1 is 1.42 bits per heavy atom. The second-order valence-corrected chi connectivity index (χ2v) is 2.51. The molecule has 0 aromatic carbocycles.